The van der Waals surface area contributed by atoms with Crippen molar-refractivity contribution in [2.45, 2.75) is 32.7 Å². The SMILES string of the molecule is Cc1ncc(-n2ncc(/C(=C/C3=C([C@@H](C)Nc4ccc(F)c(F)c4C(F)F)C=C(F)C=C(C=O)C3)N(C)C)cc2=O)cn1. The van der Waals surface area contributed by atoms with Gasteiger partial charge in [0.05, 0.1) is 24.2 Å². The number of carbonyl (C=O) groups is 1. The summed E-state index contributed by atoms with van der Waals surface area (Å²) >= 11 is 0. The monoisotopic (exact) mass is 598 g/mol. The third-order valence-corrected chi connectivity index (χ3v) is 6.62. The van der Waals surface area contributed by atoms with E-state index < -0.39 is 41.1 Å². The van der Waals surface area contributed by atoms with Crippen LogP contribution in [0.25, 0.3) is 11.4 Å². The Hall–Kier alpha value is -4.94. The standard InChI is InChI=1S/C30H27F5N6O2/c1-16(39-25-6-5-24(32)29(33)28(25)30(34)35)23-11-21(31)8-18(15-42)7-19(23)9-26(40(3)4)20-10-27(43)41(38-12-20)22-13-36-17(2)37-14-22/h5-6,8-16,30,39H,7H2,1-4H3/b26-9-/t16-/m1/s1. The van der Waals surface area contributed by atoms with Crippen LogP contribution in [0.3, 0.4) is 0 Å². The number of aryl methyl sites for hydroxylation is 1. The number of halogens is 5. The second kappa shape index (κ2) is 12.9. The molecule has 0 fully saturated rings. The molecule has 1 aliphatic carbocycles. The van der Waals surface area contributed by atoms with Gasteiger partial charge < -0.3 is 10.2 Å². The molecule has 13 heteroatoms. The molecule has 1 aliphatic rings. The summed E-state index contributed by atoms with van der Waals surface area (Å²) in [7, 11) is 3.40. The Labute approximate surface area is 243 Å². The zero-order chi connectivity index (χ0) is 31.4. The summed E-state index contributed by atoms with van der Waals surface area (Å²) in [5.74, 6) is -3.38. The highest BCUT2D eigenvalue weighted by atomic mass is 19.3. The normalized spacial score (nSPS) is 14.7. The molecule has 0 saturated carbocycles. The molecule has 0 saturated heterocycles. The summed E-state index contributed by atoms with van der Waals surface area (Å²) < 4.78 is 71.3. The van der Waals surface area contributed by atoms with Crippen LogP contribution in [0.5, 0.6) is 0 Å². The van der Waals surface area contributed by atoms with Crippen LogP contribution >= 0.6 is 0 Å². The molecule has 1 atom stereocenters. The molecule has 1 N–H and O–H groups in total. The van der Waals surface area contributed by atoms with Crippen molar-refractivity contribution in [3.8, 4) is 5.69 Å². The maximum atomic E-state index is 14.9. The van der Waals surface area contributed by atoms with E-state index in [1.54, 1.807) is 32.0 Å². The van der Waals surface area contributed by atoms with E-state index in [-0.39, 0.29) is 23.3 Å². The van der Waals surface area contributed by atoms with Crippen molar-refractivity contribution in [2.75, 3.05) is 19.4 Å². The largest absolute Gasteiger partial charge is 0.378 e. The van der Waals surface area contributed by atoms with Crippen LogP contribution < -0.4 is 10.9 Å². The fraction of sp³-hybridized carbons (Fsp3) is 0.233. The molecule has 2 aromatic heterocycles. The molecule has 224 valence electrons. The molecule has 0 amide bonds. The maximum absolute atomic E-state index is 14.9. The fourth-order valence-electron chi connectivity index (χ4n) is 4.54. The Morgan fingerprint density at radius 3 is 2.40 bits per heavy atom. The summed E-state index contributed by atoms with van der Waals surface area (Å²) in [6.45, 7) is 3.23. The van der Waals surface area contributed by atoms with E-state index in [0.29, 0.717) is 40.7 Å². The van der Waals surface area contributed by atoms with Crippen LogP contribution in [0.1, 0.15) is 36.7 Å². The van der Waals surface area contributed by atoms with Gasteiger partial charge in [0.25, 0.3) is 12.0 Å². The zero-order valence-corrected chi connectivity index (χ0v) is 23.6. The minimum Gasteiger partial charge on any atom is -0.378 e. The second-order valence-corrected chi connectivity index (χ2v) is 9.92. The van der Waals surface area contributed by atoms with Crippen molar-refractivity contribution >= 4 is 17.7 Å². The number of hydrogen-bond donors (Lipinski definition) is 1. The highest BCUT2D eigenvalue weighted by molar-refractivity contribution is 5.77. The lowest BCUT2D eigenvalue weighted by Gasteiger charge is -2.23. The van der Waals surface area contributed by atoms with E-state index in [1.165, 1.54) is 31.6 Å². The number of carbonyl (C=O) groups excluding carboxylic acids is 1. The van der Waals surface area contributed by atoms with E-state index in [9.17, 15) is 31.5 Å². The summed E-state index contributed by atoms with van der Waals surface area (Å²) in [5, 5.41) is 6.97. The van der Waals surface area contributed by atoms with Crippen molar-refractivity contribution < 1.29 is 26.7 Å². The number of alkyl halides is 2. The molecule has 0 bridgehead atoms. The molecular formula is C30H27F5N6O2. The van der Waals surface area contributed by atoms with E-state index in [4.69, 9.17) is 0 Å². The van der Waals surface area contributed by atoms with Gasteiger partial charge >= 0.3 is 0 Å². The van der Waals surface area contributed by atoms with Crippen molar-refractivity contribution in [2.24, 2.45) is 0 Å². The summed E-state index contributed by atoms with van der Waals surface area (Å²) in [4.78, 5) is 34.6. The Bertz CT molecular complexity index is 1730. The quantitative estimate of drug-likeness (QED) is 0.252. The molecule has 0 radical (unpaired) electrons. The van der Waals surface area contributed by atoms with Crippen molar-refractivity contribution in [1.82, 2.24) is 24.6 Å². The maximum Gasteiger partial charge on any atom is 0.272 e. The highest BCUT2D eigenvalue weighted by Crippen LogP contribution is 2.34. The topological polar surface area (TPSA) is 93.0 Å². The molecule has 4 rings (SSSR count). The van der Waals surface area contributed by atoms with Gasteiger partial charge in [-0.3, -0.25) is 9.59 Å². The zero-order valence-electron chi connectivity index (χ0n) is 23.6. The fourth-order valence-corrected chi connectivity index (χ4v) is 4.54. The second-order valence-electron chi connectivity index (χ2n) is 9.92. The van der Waals surface area contributed by atoms with Crippen LogP contribution in [-0.4, -0.2) is 51.1 Å². The summed E-state index contributed by atoms with van der Waals surface area (Å²) in [6.07, 6.45) is 5.25. The summed E-state index contributed by atoms with van der Waals surface area (Å²) in [5.41, 5.74) is -0.0906. The number of nitrogens with one attached hydrogen (secondary N) is 1. The van der Waals surface area contributed by atoms with Gasteiger partial charge in [0.15, 0.2) is 11.6 Å². The molecule has 0 aliphatic heterocycles. The van der Waals surface area contributed by atoms with Crippen LogP contribution in [-0.2, 0) is 4.79 Å². The number of allylic oxidation sites excluding steroid dienone is 5. The Morgan fingerprint density at radius 1 is 1.09 bits per heavy atom. The van der Waals surface area contributed by atoms with E-state index in [2.05, 4.69) is 20.4 Å². The minimum absolute atomic E-state index is 0.0587. The highest BCUT2D eigenvalue weighted by Gasteiger charge is 2.25. The molecule has 0 unspecified atom stereocenters. The van der Waals surface area contributed by atoms with Crippen LogP contribution in [0, 0.1) is 18.6 Å². The first-order valence-electron chi connectivity index (χ1n) is 13.0. The van der Waals surface area contributed by atoms with Crippen molar-refractivity contribution in [3.05, 3.63) is 117 Å². The number of hydrogen-bond acceptors (Lipinski definition) is 7. The molecular weight excluding hydrogens is 571 g/mol. The van der Waals surface area contributed by atoms with Gasteiger partial charge in [-0.25, -0.2) is 31.9 Å². The molecule has 3 aromatic rings. The van der Waals surface area contributed by atoms with Gasteiger partial charge in [-0.05, 0) is 60.9 Å². The molecule has 43 heavy (non-hydrogen) atoms. The smallest absolute Gasteiger partial charge is 0.272 e. The lowest BCUT2D eigenvalue weighted by Crippen LogP contribution is -2.23. The molecule has 2 heterocycles. The number of anilines is 1. The Balaban J connectivity index is 1.83. The van der Waals surface area contributed by atoms with Crippen LogP contribution in [0.15, 0.2) is 82.4 Å². The molecule has 0 spiro atoms. The predicted molar refractivity (Wildman–Crippen MR) is 151 cm³/mol. The average Bonchev–Trinajstić information content (AvgIpc) is 3.12. The third-order valence-electron chi connectivity index (χ3n) is 6.62. The Kier molecular flexibility index (Phi) is 9.32. The average molecular weight is 599 g/mol. The van der Waals surface area contributed by atoms with Crippen molar-refractivity contribution in [1.29, 1.82) is 0 Å². The van der Waals surface area contributed by atoms with Crippen LogP contribution in [0.2, 0.25) is 0 Å². The minimum atomic E-state index is -3.33. The number of rotatable bonds is 9. The number of aldehydes is 1. The Morgan fingerprint density at radius 2 is 1.79 bits per heavy atom. The first kappa shape index (κ1) is 31.0. The van der Waals surface area contributed by atoms with E-state index >= 15 is 0 Å². The number of aromatic nitrogens is 4. The number of nitrogens with zero attached hydrogens (tertiary/aromatic N) is 5. The molecule has 8 nitrogen and oxygen atoms in total. The van der Waals surface area contributed by atoms with Crippen LogP contribution in [0.4, 0.5) is 27.6 Å². The van der Waals surface area contributed by atoms with Gasteiger partial charge in [-0.1, -0.05) is 0 Å². The first-order chi connectivity index (χ1) is 20.4. The lowest BCUT2D eigenvalue weighted by molar-refractivity contribution is -0.105. The molecule has 1 aromatic carbocycles. The van der Waals surface area contributed by atoms with Gasteiger partial charge in [0.2, 0.25) is 0 Å². The van der Waals surface area contributed by atoms with Gasteiger partial charge in [0, 0.05) is 49.6 Å². The lowest BCUT2D eigenvalue weighted by atomic mass is 9.95. The third kappa shape index (κ3) is 6.93. The first-order valence-corrected chi connectivity index (χ1v) is 13.0. The summed E-state index contributed by atoms with van der Waals surface area (Å²) in [6, 6.07) is 2.10. The van der Waals surface area contributed by atoms with Gasteiger partial charge in [-0.2, -0.15) is 9.78 Å². The van der Waals surface area contributed by atoms with E-state index in [1.807, 2.05) is 0 Å². The van der Waals surface area contributed by atoms with E-state index in [0.717, 1.165) is 22.9 Å². The van der Waals surface area contributed by atoms with Crippen molar-refractivity contribution in [3.63, 3.8) is 0 Å². The van der Waals surface area contributed by atoms with Gasteiger partial charge in [0.1, 0.15) is 23.6 Å². The predicted octanol–water partition coefficient (Wildman–Crippen LogP) is 5.63. The van der Waals surface area contributed by atoms with Gasteiger partial charge in [-0.15, -0.1) is 0 Å². The number of benzene rings is 1.